The van der Waals surface area contributed by atoms with Crippen LogP contribution >= 0.6 is 0 Å². The number of rotatable bonds is 2. The fourth-order valence-corrected chi connectivity index (χ4v) is 2.35. The SMILES string of the molecule is C#CCn1c(-c2ccc(C)c(N)c2)nc2cc(F)ccc21. The van der Waals surface area contributed by atoms with E-state index in [2.05, 4.69) is 10.9 Å². The van der Waals surface area contributed by atoms with Gasteiger partial charge in [-0.3, -0.25) is 0 Å². The summed E-state index contributed by atoms with van der Waals surface area (Å²) in [6.45, 7) is 2.31. The van der Waals surface area contributed by atoms with Crippen LogP contribution in [-0.4, -0.2) is 9.55 Å². The van der Waals surface area contributed by atoms with E-state index in [4.69, 9.17) is 12.2 Å². The van der Waals surface area contributed by atoms with Crippen LogP contribution in [0.25, 0.3) is 22.4 Å². The van der Waals surface area contributed by atoms with Gasteiger partial charge in [0.1, 0.15) is 11.6 Å². The first-order valence-electron chi connectivity index (χ1n) is 6.56. The quantitative estimate of drug-likeness (QED) is 0.577. The van der Waals surface area contributed by atoms with Gasteiger partial charge in [-0.05, 0) is 30.7 Å². The lowest BCUT2D eigenvalue weighted by Gasteiger charge is -2.07. The fraction of sp³-hybridized carbons (Fsp3) is 0.118. The molecule has 0 fully saturated rings. The number of nitrogens with two attached hydrogens (primary N) is 1. The van der Waals surface area contributed by atoms with E-state index in [9.17, 15) is 4.39 Å². The summed E-state index contributed by atoms with van der Waals surface area (Å²) in [5.41, 5.74) is 9.92. The Bertz CT molecular complexity index is 872. The van der Waals surface area contributed by atoms with Crippen molar-refractivity contribution in [3.8, 4) is 23.7 Å². The molecule has 3 nitrogen and oxygen atoms in total. The standard InChI is InChI=1S/C17H14FN3/c1-3-8-21-16-7-6-13(18)10-15(16)20-17(21)12-5-4-11(2)14(19)9-12/h1,4-7,9-10H,8,19H2,2H3. The Hall–Kier alpha value is -2.80. The molecule has 0 amide bonds. The van der Waals surface area contributed by atoms with Crippen molar-refractivity contribution >= 4 is 16.7 Å². The maximum atomic E-state index is 13.4. The minimum Gasteiger partial charge on any atom is -0.398 e. The summed E-state index contributed by atoms with van der Waals surface area (Å²) in [5.74, 6) is 2.99. The number of benzene rings is 2. The topological polar surface area (TPSA) is 43.8 Å². The van der Waals surface area contributed by atoms with Crippen molar-refractivity contribution in [2.45, 2.75) is 13.5 Å². The summed E-state index contributed by atoms with van der Waals surface area (Å²) >= 11 is 0. The first kappa shape index (κ1) is 13.2. The van der Waals surface area contributed by atoms with E-state index in [1.165, 1.54) is 12.1 Å². The normalized spacial score (nSPS) is 10.7. The van der Waals surface area contributed by atoms with Gasteiger partial charge < -0.3 is 10.3 Å². The monoisotopic (exact) mass is 279 g/mol. The van der Waals surface area contributed by atoms with E-state index in [0.29, 0.717) is 23.6 Å². The van der Waals surface area contributed by atoms with Gasteiger partial charge in [0.05, 0.1) is 17.6 Å². The van der Waals surface area contributed by atoms with Gasteiger partial charge in [0.2, 0.25) is 0 Å². The molecule has 3 aromatic rings. The molecule has 0 unspecified atom stereocenters. The molecule has 0 saturated heterocycles. The van der Waals surface area contributed by atoms with Gasteiger partial charge in [0, 0.05) is 17.3 Å². The molecular formula is C17H14FN3. The predicted molar refractivity (Wildman–Crippen MR) is 83.1 cm³/mol. The molecule has 0 aliphatic heterocycles. The van der Waals surface area contributed by atoms with Crippen LogP contribution in [0, 0.1) is 25.1 Å². The Kier molecular flexibility index (Phi) is 3.11. The molecule has 1 heterocycles. The van der Waals surface area contributed by atoms with Crippen molar-refractivity contribution in [3.05, 3.63) is 47.8 Å². The highest BCUT2D eigenvalue weighted by molar-refractivity contribution is 5.81. The number of fused-ring (bicyclic) bond motifs is 1. The third kappa shape index (κ3) is 2.23. The summed E-state index contributed by atoms with van der Waals surface area (Å²) in [4.78, 5) is 4.50. The van der Waals surface area contributed by atoms with Gasteiger partial charge in [0.15, 0.2) is 0 Å². The van der Waals surface area contributed by atoms with Gasteiger partial charge in [-0.15, -0.1) is 6.42 Å². The number of halogens is 1. The summed E-state index contributed by atoms with van der Waals surface area (Å²) in [5, 5.41) is 0. The first-order chi connectivity index (χ1) is 10.1. The van der Waals surface area contributed by atoms with Crippen molar-refractivity contribution in [2.75, 3.05) is 5.73 Å². The fourth-order valence-electron chi connectivity index (χ4n) is 2.35. The highest BCUT2D eigenvalue weighted by Gasteiger charge is 2.13. The summed E-state index contributed by atoms with van der Waals surface area (Å²) in [6, 6.07) is 10.2. The second kappa shape index (κ2) is 4.95. The van der Waals surface area contributed by atoms with Crippen molar-refractivity contribution in [2.24, 2.45) is 0 Å². The molecule has 0 aliphatic carbocycles. The van der Waals surface area contributed by atoms with Crippen LogP contribution < -0.4 is 5.73 Å². The zero-order valence-corrected chi connectivity index (χ0v) is 11.6. The van der Waals surface area contributed by atoms with Gasteiger partial charge in [-0.25, -0.2) is 9.37 Å². The number of nitrogens with zero attached hydrogens (tertiary/aromatic N) is 2. The molecule has 1 aromatic heterocycles. The Morgan fingerprint density at radius 3 is 2.81 bits per heavy atom. The van der Waals surface area contributed by atoms with Crippen LogP contribution in [0.3, 0.4) is 0 Å². The molecule has 0 atom stereocenters. The van der Waals surface area contributed by atoms with E-state index in [1.54, 1.807) is 6.07 Å². The molecule has 104 valence electrons. The molecule has 0 saturated carbocycles. The maximum absolute atomic E-state index is 13.4. The first-order valence-corrected chi connectivity index (χ1v) is 6.56. The van der Waals surface area contributed by atoms with Crippen LogP contribution in [0.4, 0.5) is 10.1 Å². The predicted octanol–water partition coefficient (Wildman–Crippen LogP) is 3.37. The number of aromatic nitrogens is 2. The summed E-state index contributed by atoms with van der Waals surface area (Å²) in [7, 11) is 0. The van der Waals surface area contributed by atoms with Crippen LogP contribution in [-0.2, 0) is 6.54 Å². The Labute approximate surface area is 122 Å². The minimum absolute atomic E-state index is 0.317. The molecule has 0 aliphatic rings. The van der Waals surface area contributed by atoms with E-state index in [1.807, 2.05) is 29.7 Å². The molecule has 4 heteroatoms. The van der Waals surface area contributed by atoms with Crippen molar-refractivity contribution in [1.82, 2.24) is 9.55 Å². The van der Waals surface area contributed by atoms with E-state index >= 15 is 0 Å². The van der Waals surface area contributed by atoms with Crippen LogP contribution in [0.15, 0.2) is 36.4 Å². The number of aryl methyl sites for hydroxylation is 1. The van der Waals surface area contributed by atoms with Gasteiger partial charge in [-0.2, -0.15) is 0 Å². The molecule has 0 bridgehead atoms. The number of imidazole rings is 1. The van der Waals surface area contributed by atoms with Crippen LogP contribution in [0.2, 0.25) is 0 Å². The highest BCUT2D eigenvalue weighted by Crippen LogP contribution is 2.27. The molecule has 0 spiro atoms. The van der Waals surface area contributed by atoms with Crippen LogP contribution in [0.1, 0.15) is 5.56 Å². The highest BCUT2D eigenvalue weighted by atomic mass is 19.1. The van der Waals surface area contributed by atoms with E-state index in [-0.39, 0.29) is 5.82 Å². The third-order valence-electron chi connectivity index (χ3n) is 3.50. The number of hydrogen-bond acceptors (Lipinski definition) is 2. The lowest BCUT2D eigenvalue weighted by atomic mass is 10.1. The molecule has 2 N–H and O–H groups in total. The second-order valence-electron chi connectivity index (χ2n) is 4.93. The maximum Gasteiger partial charge on any atom is 0.142 e. The number of terminal acetylenes is 1. The molecule has 3 rings (SSSR count). The number of nitrogen functional groups attached to an aromatic ring is 1. The molecule has 21 heavy (non-hydrogen) atoms. The Morgan fingerprint density at radius 2 is 2.10 bits per heavy atom. The third-order valence-corrected chi connectivity index (χ3v) is 3.50. The Morgan fingerprint density at radius 1 is 1.29 bits per heavy atom. The Balaban J connectivity index is 2.27. The van der Waals surface area contributed by atoms with Crippen molar-refractivity contribution in [1.29, 1.82) is 0 Å². The molecular weight excluding hydrogens is 265 g/mol. The van der Waals surface area contributed by atoms with Crippen molar-refractivity contribution in [3.63, 3.8) is 0 Å². The van der Waals surface area contributed by atoms with Gasteiger partial charge >= 0.3 is 0 Å². The summed E-state index contributed by atoms with van der Waals surface area (Å²) in [6.07, 6.45) is 5.44. The number of hydrogen-bond donors (Lipinski definition) is 1. The zero-order chi connectivity index (χ0) is 15.0. The molecule has 2 aromatic carbocycles. The van der Waals surface area contributed by atoms with Crippen LogP contribution in [0.5, 0.6) is 0 Å². The van der Waals surface area contributed by atoms with Crippen molar-refractivity contribution < 1.29 is 4.39 Å². The van der Waals surface area contributed by atoms with E-state index in [0.717, 1.165) is 16.6 Å². The summed E-state index contributed by atoms with van der Waals surface area (Å²) < 4.78 is 15.3. The van der Waals surface area contributed by atoms with Gasteiger partial charge in [-0.1, -0.05) is 18.1 Å². The number of anilines is 1. The lowest BCUT2D eigenvalue weighted by molar-refractivity contribution is 0.629. The molecule has 0 radical (unpaired) electrons. The van der Waals surface area contributed by atoms with Gasteiger partial charge in [0.25, 0.3) is 0 Å². The lowest BCUT2D eigenvalue weighted by Crippen LogP contribution is -1.99. The average molecular weight is 279 g/mol. The second-order valence-corrected chi connectivity index (χ2v) is 4.93. The zero-order valence-electron chi connectivity index (χ0n) is 11.6. The minimum atomic E-state index is -0.317. The average Bonchev–Trinajstić information content (AvgIpc) is 2.80. The largest absolute Gasteiger partial charge is 0.398 e. The van der Waals surface area contributed by atoms with E-state index < -0.39 is 0 Å². The smallest absolute Gasteiger partial charge is 0.142 e.